The number of ether oxygens (including phenoxy) is 3. The van der Waals surface area contributed by atoms with E-state index in [4.69, 9.17) is 14.2 Å². The second-order valence-corrected chi connectivity index (χ2v) is 7.23. The third kappa shape index (κ3) is 4.43. The summed E-state index contributed by atoms with van der Waals surface area (Å²) in [5.41, 5.74) is 2.50. The molecule has 0 aliphatic rings. The largest absolute Gasteiger partial charge is 0.497 e. The van der Waals surface area contributed by atoms with E-state index in [-0.39, 0.29) is 11.6 Å². The van der Waals surface area contributed by atoms with Crippen molar-refractivity contribution in [3.63, 3.8) is 0 Å². The number of hydrogen-bond acceptors (Lipinski definition) is 6. The summed E-state index contributed by atoms with van der Waals surface area (Å²) in [4.78, 5) is 20.2. The van der Waals surface area contributed by atoms with Gasteiger partial charge < -0.3 is 19.2 Å². The topological polar surface area (TPSA) is 85.5 Å². The summed E-state index contributed by atoms with van der Waals surface area (Å²) in [6.07, 6.45) is 0. The Kier molecular flexibility index (Phi) is 6.37. The molecule has 164 valence electrons. The van der Waals surface area contributed by atoms with Gasteiger partial charge in [0.25, 0.3) is 5.56 Å². The molecule has 32 heavy (non-hydrogen) atoms. The molecule has 0 aliphatic heterocycles. The third-order valence-electron chi connectivity index (χ3n) is 5.32. The van der Waals surface area contributed by atoms with Crippen LogP contribution in [-0.4, -0.2) is 31.3 Å². The number of H-pyrrole nitrogens is 1. The van der Waals surface area contributed by atoms with E-state index in [0.717, 1.165) is 16.9 Å². The standard InChI is InChI=1S/C25H25N3O4/c1-30-18-11-9-17(10-12-18)24(16-7-5-4-6-8-16)26-15-23-27-20-14-22(32-3)21(31-2)13-19(20)25(29)28-23/h4-14,24,26H,15H2,1-3H3,(H,27,28,29)/t24-/m0/s1. The van der Waals surface area contributed by atoms with Crippen molar-refractivity contribution in [1.29, 1.82) is 0 Å². The summed E-state index contributed by atoms with van der Waals surface area (Å²) >= 11 is 0. The van der Waals surface area contributed by atoms with E-state index < -0.39 is 0 Å². The molecule has 0 fully saturated rings. The van der Waals surface area contributed by atoms with Gasteiger partial charge in [0.1, 0.15) is 11.6 Å². The van der Waals surface area contributed by atoms with Crippen LogP contribution in [0.25, 0.3) is 10.9 Å². The number of hydrogen-bond donors (Lipinski definition) is 2. The van der Waals surface area contributed by atoms with Gasteiger partial charge in [-0.2, -0.15) is 0 Å². The van der Waals surface area contributed by atoms with Crippen molar-refractivity contribution >= 4 is 10.9 Å². The third-order valence-corrected chi connectivity index (χ3v) is 5.32. The highest BCUT2D eigenvalue weighted by molar-refractivity contribution is 5.81. The smallest absolute Gasteiger partial charge is 0.258 e. The van der Waals surface area contributed by atoms with Crippen LogP contribution in [0.5, 0.6) is 17.2 Å². The zero-order valence-corrected chi connectivity index (χ0v) is 18.2. The maximum Gasteiger partial charge on any atom is 0.258 e. The van der Waals surface area contributed by atoms with Crippen LogP contribution in [0.1, 0.15) is 23.0 Å². The molecule has 0 radical (unpaired) electrons. The first-order valence-corrected chi connectivity index (χ1v) is 10.2. The second kappa shape index (κ2) is 9.53. The molecule has 0 saturated carbocycles. The number of nitrogens with zero attached hydrogens (tertiary/aromatic N) is 1. The molecule has 2 N–H and O–H groups in total. The molecule has 0 spiro atoms. The van der Waals surface area contributed by atoms with E-state index in [1.165, 1.54) is 7.11 Å². The van der Waals surface area contributed by atoms with E-state index in [1.807, 2.05) is 42.5 Å². The maximum atomic E-state index is 12.7. The summed E-state index contributed by atoms with van der Waals surface area (Å²) in [6.45, 7) is 0.366. The van der Waals surface area contributed by atoms with Crippen LogP contribution in [0, 0.1) is 0 Å². The van der Waals surface area contributed by atoms with Gasteiger partial charge in [-0.25, -0.2) is 4.98 Å². The number of fused-ring (bicyclic) bond motifs is 1. The summed E-state index contributed by atoms with van der Waals surface area (Å²) < 4.78 is 15.9. The highest BCUT2D eigenvalue weighted by atomic mass is 16.5. The van der Waals surface area contributed by atoms with Gasteiger partial charge >= 0.3 is 0 Å². The Labute approximate surface area is 186 Å². The number of nitrogens with one attached hydrogen (secondary N) is 2. The minimum atomic E-state index is -0.228. The Morgan fingerprint density at radius 2 is 1.53 bits per heavy atom. The molecule has 0 bridgehead atoms. The van der Waals surface area contributed by atoms with Gasteiger partial charge in [0.15, 0.2) is 11.5 Å². The number of aromatic nitrogens is 2. The number of benzene rings is 3. The summed E-state index contributed by atoms with van der Waals surface area (Å²) in [5, 5.41) is 3.97. The molecule has 0 aliphatic carbocycles. The highest BCUT2D eigenvalue weighted by Gasteiger charge is 2.16. The molecule has 1 atom stereocenters. The molecule has 1 heterocycles. The fourth-order valence-corrected chi connectivity index (χ4v) is 3.67. The van der Waals surface area contributed by atoms with Gasteiger partial charge in [-0.05, 0) is 29.3 Å². The van der Waals surface area contributed by atoms with Crippen molar-refractivity contribution in [2.75, 3.05) is 21.3 Å². The average Bonchev–Trinajstić information content (AvgIpc) is 2.84. The fourth-order valence-electron chi connectivity index (χ4n) is 3.67. The average molecular weight is 431 g/mol. The first kappa shape index (κ1) is 21.4. The maximum absolute atomic E-state index is 12.7. The SMILES string of the molecule is COc1ccc([C@@H](NCc2nc3cc(OC)c(OC)cc3c(=O)[nH]2)c2ccccc2)cc1. The monoisotopic (exact) mass is 431 g/mol. The zero-order valence-electron chi connectivity index (χ0n) is 18.2. The van der Waals surface area contributed by atoms with Crippen LogP contribution in [0.4, 0.5) is 0 Å². The minimum Gasteiger partial charge on any atom is -0.497 e. The van der Waals surface area contributed by atoms with Crippen molar-refractivity contribution in [2.24, 2.45) is 0 Å². The van der Waals surface area contributed by atoms with Crippen LogP contribution in [0.2, 0.25) is 0 Å². The Hall–Kier alpha value is -3.84. The van der Waals surface area contributed by atoms with Crippen LogP contribution in [-0.2, 0) is 6.54 Å². The fraction of sp³-hybridized carbons (Fsp3) is 0.200. The highest BCUT2D eigenvalue weighted by Crippen LogP contribution is 2.30. The number of rotatable bonds is 8. The van der Waals surface area contributed by atoms with Gasteiger partial charge in [-0.3, -0.25) is 10.1 Å². The lowest BCUT2D eigenvalue weighted by molar-refractivity contribution is 0.355. The van der Waals surface area contributed by atoms with Crippen LogP contribution in [0.3, 0.4) is 0 Å². The molecule has 4 aromatic rings. The van der Waals surface area contributed by atoms with E-state index >= 15 is 0 Å². The first-order valence-electron chi connectivity index (χ1n) is 10.2. The normalized spacial score (nSPS) is 11.8. The molecular weight excluding hydrogens is 406 g/mol. The van der Waals surface area contributed by atoms with Gasteiger partial charge in [-0.1, -0.05) is 42.5 Å². The molecule has 0 unspecified atom stereocenters. The molecule has 7 heteroatoms. The van der Waals surface area contributed by atoms with E-state index in [2.05, 4.69) is 27.4 Å². The zero-order chi connectivity index (χ0) is 22.5. The second-order valence-electron chi connectivity index (χ2n) is 7.23. The van der Waals surface area contributed by atoms with E-state index in [1.54, 1.807) is 26.4 Å². The van der Waals surface area contributed by atoms with Gasteiger partial charge in [0, 0.05) is 6.07 Å². The molecule has 3 aromatic carbocycles. The lowest BCUT2D eigenvalue weighted by atomic mass is 9.98. The molecule has 0 amide bonds. The Bertz CT molecular complexity index is 1250. The van der Waals surface area contributed by atoms with Gasteiger partial charge in [-0.15, -0.1) is 0 Å². The molecule has 1 aromatic heterocycles. The molecular formula is C25H25N3O4. The summed E-state index contributed by atoms with van der Waals surface area (Å²) in [6, 6.07) is 21.3. The first-order chi connectivity index (χ1) is 15.6. The van der Waals surface area contributed by atoms with Crippen molar-refractivity contribution in [2.45, 2.75) is 12.6 Å². The molecule has 0 saturated heterocycles. The Morgan fingerprint density at radius 3 is 2.19 bits per heavy atom. The van der Waals surface area contributed by atoms with Crippen LogP contribution < -0.4 is 25.1 Å². The Balaban J connectivity index is 1.65. The lowest BCUT2D eigenvalue weighted by Crippen LogP contribution is -2.25. The minimum absolute atomic E-state index is 0.0893. The number of methoxy groups -OCH3 is 3. The molecule has 7 nitrogen and oxygen atoms in total. The summed E-state index contributed by atoms with van der Waals surface area (Å²) in [5.74, 6) is 2.34. The molecule has 4 rings (SSSR count). The van der Waals surface area contributed by atoms with Crippen molar-refractivity contribution < 1.29 is 14.2 Å². The predicted molar refractivity (Wildman–Crippen MR) is 124 cm³/mol. The van der Waals surface area contributed by atoms with Crippen LogP contribution in [0.15, 0.2) is 71.5 Å². The Morgan fingerprint density at radius 1 is 0.875 bits per heavy atom. The van der Waals surface area contributed by atoms with E-state index in [0.29, 0.717) is 34.8 Å². The number of aromatic amines is 1. The van der Waals surface area contributed by atoms with Crippen molar-refractivity contribution in [1.82, 2.24) is 15.3 Å². The van der Waals surface area contributed by atoms with E-state index in [9.17, 15) is 4.79 Å². The quantitative estimate of drug-likeness (QED) is 0.441. The van der Waals surface area contributed by atoms with Gasteiger partial charge in [0.05, 0.1) is 44.8 Å². The lowest BCUT2D eigenvalue weighted by Gasteiger charge is -2.20. The summed E-state index contributed by atoms with van der Waals surface area (Å²) in [7, 11) is 4.74. The van der Waals surface area contributed by atoms with Crippen molar-refractivity contribution in [3.05, 3.63) is 94.0 Å². The van der Waals surface area contributed by atoms with Gasteiger partial charge in [0.2, 0.25) is 0 Å². The predicted octanol–water partition coefficient (Wildman–Crippen LogP) is 3.83. The van der Waals surface area contributed by atoms with Crippen molar-refractivity contribution in [3.8, 4) is 17.2 Å². The van der Waals surface area contributed by atoms with Crippen LogP contribution >= 0.6 is 0 Å².